The maximum atomic E-state index is 11.6. The quantitative estimate of drug-likeness (QED) is 0.651. The number of carbonyl (C=O) groups excluding carboxylic acids is 1. The summed E-state index contributed by atoms with van der Waals surface area (Å²) in [6.45, 7) is 2.37. The maximum Gasteiger partial charge on any atom is 0.337 e. The van der Waals surface area contributed by atoms with E-state index in [2.05, 4.69) is 15.8 Å². The van der Waals surface area contributed by atoms with Crippen molar-refractivity contribution in [1.29, 1.82) is 0 Å². The summed E-state index contributed by atoms with van der Waals surface area (Å²) in [5.41, 5.74) is -1.35. The molecule has 0 aliphatic heterocycles. The average molecular weight is 309 g/mol. The van der Waals surface area contributed by atoms with Crippen molar-refractivity contribution >= 4 is 17.8 Å². The third-order valence-electron chi connectivity index (χ3n) is 2.93. The zero-order chi connectivity index (χ0) is 16.3. The van der Waals surface area contributed by atoms with Crippen LogP contribution in [0, 0.1) is 6.92 Å². The van der Waals surface area contributed by atoms with Gasteiger partial charge in [-0.05, 0) is 19.9 Å². The number of furan rings is 1. The summed E-state index contributed by atoms with van der Waals surface area (Å²) >= 11 is 0. The highest BCUT2D eigenvalue weighted by atomic mass is 16.5. The van der Waals surface area contributed by atoms with Gasteiger partial charge in [-0.2, -0.15) is 0 Å². The molecule has 4 N–H and O–H groups in total. The Bertz CT molecular complexity index is 688. The highest BCUT2D eigenvalue weighted by Gasteiger charge is 2.30. The minimum absolute atomic E-state index is 0.142. The van der Waals surface area contributed by atoms with Crippen LogP contribution in [0.3, 0.4) is 0 Å². The molecule has 0 aromatic carbocycles. The first kappa shape index (κ1) is 15.6. The van der Waals surface area contributed by atoms with Gasteiger partial charge in [-0.1, -0.05) is 5.16 Å². The topological polar surface area (TPSA) is 138 Å². The van der Waals surface area contributed by atoms with E-state index in [1.54, 1.807) is 13.0 Å². The number of rotatable bonds is 5. The molecular formula is C13H15N3O6. The Labute approximate surface area is 124 Å². The van der Waals surface area contributed by atoms with Crippen LogP contribution in [0.5, 0.6) is 0 Å². The van der Waals surface area contributed by atoms with E-state index in [1.807, 2.05) is 0 Å². The molecule has 9 nitrogen and oxygen atoms in total. The molecule has 2 rings (SSSR count). The minimum Gasteiger partial charge on any atom is -0.479 e. The third-order valence-corrected chi connectivity index (χ3v) is 2.93. The Kier molecular flexibility index (Phi) is 4.18. The first-order valence-corrected chi connectivity index (χ1v) is 6.31. The van der Waals surface area contributed by atoms with E-state index in [-0.39, 0.29) is 5.82 Å². The number of aliphatic carboxylic acids is 1. The molecule has 2 aromatic heterocycles. The van der Waals surface area contributed by atoms with Crippen LogP contribution >= 0.6 is 0 Å². The molecule has 0 saturated heterocycles. The summed E-state index contributed by atoms with van der Waals surface area (Å²) in [5, 5.41) is 26.5. The molecule has 0 radical (unpaired) electrons. The zero-order valence-corrected chi connectivity index (χ0v) is 11.9. The largest absolute Gasteiger partial charge is 0.479 e. The lowest BCUT2D eigenvalue weighted by Gasteiger charge is -2.17. The molecule has 1 unspecified atom stereocenters. The third kappa shape index (κ3) is 3.44. The highest BCUT2D eigenvalue weighted by Crippen LogP contribution is 2.26. The smallest absolute Gasteiger partial charge is 0.337 e. The SMILES string of the molecule is Cc1occc1-c1cc(NC(=O)NCC(C)(O)C(=O)O)no1. The molecule has 2 heterocycles. The van der Waals surface area contributed by atoms with Gasteiger partial charge < -0.3 is 24.5 Å². The fourth-order valence-corrected chi connectivity index (χ4v) is 1.59. The van der Waals surface area contributed by atoms with E-state index in [1.165, 1.54) is 12.3 Å². The molecular weight excluding hydrogens is 294 g/mol. The number of carboxylic acids is 1. The van der Waals surface area contributed by atoms with E-state index < -0.39 is 24.1 Å². The lowest BCUT2D eigenvalue weighted by Crippen LogP contribution is -2.47. The van der Waals surface area contributed by atoms with Crippen LogP contribution in [0.2, 0.25) is 0 Å². The van der Waals surface area contributed by atoms with E-state index in [9.17, 15) is 14.7 Å². The number of nitrogens with zero attached hydrogens (tertiary/aromatic N) is 1. The van der Waals surface area contributed by atoms with Gasteiger partial charge in [-0.3, -0.25) is 5.32 Å². The van der Waals surface area contributed by atoms with Crippen LogP contribution in [0.25, 0.3) is 11.3 Å². The van der Waals surface area contributed by atoms with E-state index in [4.69, 9.17) is 14.0 Å². The van der Waals surface area contributed by atoms with Gasteiger partial charge in [-0.25, -0.2) is 9.59 Å². The molecule has 0 fully saturated rings. The van der Waals surface area contributed by atoms with Gasteiger partial charge in [0.2, 0.25) is 0 Å². The van der Waals surface area contributed by atoms with E-state index in [0.717, 1.165) is 6.92 Å². The predicted molar refractivity (Wildman–Crippen MR) is 74.2 cm³/mol. The van der Waals surface area contributed by atoms with Crippen molar-refractivity contribution in [3.63, 3.8) is 0 Å². The highest BCUT2D eigenvalue weighted by molar-refractivity contribution is 5.89. The second-order valence-electron chi connectivity index (χ2n) is 4.85. The number of aliphatic hydroxyl groups is 1. The zero-order valence-electron chi connectivity index (χ0n) is 11.9. The number of aromatic nitrogens is 1. The molecule has 9 heteroatoms. The van der Waals surface area contributed by atoms with Crippen molar-refractivity contribution < 1.29 is 28.7 Å². The second-order valence-corrected chi connectivity index (χ2v) is 4.85. The standard InChI is InChI=1S/C13H15N3O6/c1-7-8(3-4-21-7)9-5-10(16-22-9)15-12(19)14-6-13(2,20)11(17)18/h3-5,20H,6H2,1-2H3,(H,17,18)(H2,14,15,16,19). The molecule has 0 aliphatic rings. The molecule has 2 aromatic rings. The van der Waals surface area contributed by atoms with Crippen LogP contribution in [0.4, 0.5) is 10.6 Å². The van der Waals surface area contributed by atoms with Gasteiger partial charge in [0, 0.05) is 6.07 Å². The number of aryl methyl sites for hydroxylation is 1. The lowest BCUT2D eigenvalue weighted by molar-refractivity contribution is -0.155. The van der Waals surface area contributed by atoms with Gasteiger partial charge in [-0.15, -0.1) is 0 Å². The lowest BCUT2D eigenvalue weighted by atomic mass is 10.1. The molecule has 0 saturated carbocycles. The second kappa shape index (κ2) is 5.90. The van der Waals surface area contributed by atoms with Gasteiger partial charge in [0.15, 0.2) is 17.2 Å². The molecule has 1 atom stereocenters. The summed E-state index contributed by atoms with van der Waals surface area (Å²) in [7, 11) is 0. The number of hydrogen-bond acceptors (Lipinski definition) is 6. The first-order chi connectivity index (χ1) is 10.3. The molecule has 0 spiro atoms. The average Bonchev–Trinajstić information content (AvgIpc) is 3.05. The van der Waals surface area contributed by atoms with Crippen LogP contribution < -0.4 is 10.6 Å². The van der Waals surface area contributed by atoms with Crippen LogP contribution in [0.15, 0.2) is 27.3 Å². The van der Waals surface area contributed by atoms with Crippen molar-refractivity contribution in [1.82, 2.24) is 10.5 Å². The minimum atomic E-state index is -2.06. The van der Waals surface area contributed by atoms with E-state index >= 15 is 0 Å². The molecule has 118 valence electrons. The predicted octanol–water partition coefficient (Wildman–Crippen LogP) is 1.20. The van der Waals surface area contributed by atoms with Crippen LogP contribution in [-0.2, 0) is 4.79 Å². The Morgan fingerprint density at radius 1 is 1.45 bits per heavy atom. The fraction of sp³-hybridized carbons (Fsp3) is 0.308. The van der Waals surface area contributed by atoms with Crippen molar-refractivity contribution in [3.05, 3.63) is 24.2 Å². The number of hydrogen-bond donors (Lipinski definition) is 4. The number of urea groups is 1. The summed E-state index contributed by atoms with van der Waals surface area (Å²) < 4.78 is 10.2. The fourth-order valence-electron chi connectivity index (χ4n) is 1.59. The Morgan fingerprint density at radius 3 is 2.77 bits per heavy atom. The Hall–Kier alpha value is -2.81. The van der Waals surface area contributed by atoms with Crippen molar-refractivity contribution in [2.75, 3.05) is 11.9 Å². The summed E-state index contributed by atoms with van der Waals surface area (Å²) in [6.07, 6.45) is 1.50. The Morgan fingerprint density at radius 2 is 2.18 bits per heavy atom. The van der Waals surface area contributed by atoms with Gasteiger partial charge >= 0.3 is 12.0 Å². The van der Waals surface area contributed by atoms with E-state index in [0.29, 0.717) is 17.1 Å². The molecule has 0 bridgehead atoms. The number of anilines is 1. The van der Waals surface area contributed by atoms with Crippen LogP contribution in [0.1, 0.15) is 12.7 Å². The molecule has 0 aliphatic carbocycles. The number of nitrogens with one attached hydrogen (secondary N) is 2. The summed E-state index contributed by atoms with van der Waals surface area (Å²) in [4.78, 5) is 22.3. The first-order valence-electron chi connectivity index (χ1n) is 6.31. The summed E-state index contributed by atoms with van der Waals surface area (Å²) in [5.74, 6) is -0.237. The van der Waals surface area contributed by atoms with Gasteiger partial charge in [0.05, 0.1) is 18.4 Å². The van der Waals surface area contributed by atoms with Crippen molar-refractivity contribution in [2.45, 2.75) is 19.4 Å². The number of carbonyl (C=O) groups is 2. The van der Waals surface area contributed by atoms with Crippen molar-refractivity contribution in [3.8, 4) is 11.3 Å². The van der Waals surface area contributed by atoms with Crippen molar-refractivity contribution in [2.24, 2.45) is 0 Å². The Balaban J connectivity index is 1.95. The monoisotopic (exact) mass is 309 g/mol. The number of carboxylic acid groups (broad SMARTS) is 1. The normalized spacial score (nSPS) is 13.4. The molecule has 22 heavy (non-hydrogen) atoms. The number of amides is 2. The van der Waals surface area contributed by atoms with Crippen LogP contribution in [-0.4, -0.2) is 39.5 Å². The van der Waals surface area contributed by atoms with Gasteiger partial charge in [0.1, 0.15) is 5.76 Å². The van der Waals surface area contributed by atoms with Gasteiger partial charge in [0.25, 0.3) is 0 Å². The maximum absolute atomic E-state index is 11.6. The molecule has 2 amide bonds. The summed E-state index contributed by atoms with van der Waals surface area (Å²) in [6, 6.07) is 2.47.